The van der Waals surface area contributed by atoms with Crippen LogP contribution in [0.5, 0.6) is 5.75 Å². The highest BCUT2D eigenvalue weighted by Gasteiger charge is 2.30. The number of aromatic hydroxyl groups is 1. The van der Waals surface area contributed by atoms with E-state index in [1.807, 2.05) is 4.57 Å². The second kappa shape index (κ2) is 5.16. The fourth-order valence-electron chi connectivity index (χ4n) is 1.97. The minimum atomic E-state index is -0.869. The molecule has 104 valence electrons. The van der Waals surface area contributed by atoms with Crippen LogP contribution in [0.4, 0.5) is 0 Å². The SMILES string of the molecule is O=C(O)CSc1nnc(-c2ccc(O)cc2)n1C1CC1. The molecule has 0 aliphatic heterocycles. The van der Waals surface area contributed by atoms with Gasteiger partial charge in [-0.25, -0.2) is 0 Å². The minimum absolute atomic E-state index is 0.0274. The van der Waals surface area contributed by atoms with Gasteiger partial charge in [-0.3, -0.25) is 9.36 Å². The molecule has 0 radical (unpaired) electrons. The number of aromatic nitrogens is 3. The second-order valence-electron chi connectivity index (χ2n) is 4.64. The molecule has 3 rings (SSSR count). The lowest BCUT2D eigenvalue weighted by atomic mass is 10.2. The average Bonchev–Trinajstić information content (AvgIpc) is 3.17. The number of hydrogen-bond donors (Lipinski definition) is 2. The summed E-state index contributed by atoms with van der Waals surface area (Å²) >= 11 is 1.18. The Morgan fingerprint density at radius 2 is 2.00 bits per heavy atom. The lowest BCUT2D eigenvalue weighted by Gasteiger charge is -2.08. The molecule has 1 aliphatic carbocycles. The predicted octanol–water partition coefficient (Wildman–Crippen LogP) is 2.16. The Morgan fingerprint density at radius 3 is 2.60 bits per heavy atom. The highest BCUT2D eigenvalue weighted by atomic mass is 32.2. The molecular formula is C13H13N3O3S. The first kappa shape index (κ1) is 13.0. The fraction of sp³-hybridized carbons (Fsp3) is 0.308. The highest BCUT2D eigenvalue weighted by molar-refractivity contribution is 7.99. The average molecular weight is 291 g/mol. The predicted molar refractivity (Wildman–Crippen MR) is 73.8 cm³/mol. The van der Waals surface area contributed by atoms with E-state index in [2.05, 4.69) is 10.2 Å². The van der Waals surface area contributed by atoms with Gasteiger partial charge < -0.3 is 10.2 Å². The van der Waals surface area contributed by atoms with Gasteiger partial charge in [0.1, 0.15) is 5.75 Å². The smallest absolute Gasteiger partial charge is 0.313 e. The number of nitrogens with zero attached hydrogens (tertiary/aromatic N) is 3. The Morgan fingerprint density at radius 1 is 1.30 bits per heavy atom. The molecule has 1 heterocycles. The van der Waals surface area contributed by atoms with Crippen LogP contribution in [-0.4, -0.2) is 36.7 Å². The first-order valence-corrected chi connectivity index (χ1v) is 7.22. The van der Waals surface area contributed by atoms with Gasteiger partial charge in [0.15, 0.2) is 11.0 Å². The molecule has 1 saturated carbocycles. The molecule has 6 nitrogen and oxygen atoms in total. The number of carbonyl (C=O) groups is 1. The van der Waals surface area contributed by atoms with Gasteiger partial charge in [-0.1, -0.05) is 11.8 Å². The van der Waals surface area contributed by atoms with Gasteiger partial charge in [-0.2, -0.15) is 0 Å². The number of aliphatic carboxylic acids is 1. The maximum atomic E-state index is 10.7. The van der Waals surface area contributed by atoms with Crippen molar-refractivity contribution in [2.75, 3.05) is 5.75 Å². The first-order chi connectivity index (χ1) is 9.65. The number of hydrogen-bond acceptors (Lipinski definition) is 5. The van der Waals surface area contributed by atoms with Crippen LogP contribution in [0.2, 0.25) is 0 Å². The lowest BCUT2D eigenvalue weighted by molar-refractivity contribution is -0.133. The third kappa shape index (κ3) is 2.62. The van der Waals surface area contributed by atoms with Crippen molar-refractivity contribution in [1.29, 1.82) is 0 Å². The number of phenolic OH excluding ortho intramolecular Hbond substituents is 1. The van der Waals surface area contributed by atoms with E-state index in [9.17, 15) is 9.90 Å². The summed E-state index contributed by atoms with van der Waals surface area (Å²) < 4.78 is 2.00. The summed E-state index contributed by atoms with van der Waals surface area (Å²) in [7, 11) is 0. The highest BCUT2D eigenvalue weighted by Crippen LogP contribution is 2.41. The topological polar surface area (TPSA) is 88.2 Å². The second-order valence-corrected chi connectivity index (χ2v) is 5.58. The van der Waals surface area contributed by atoms with E-state index >= 15 is 0 Å². The zero-order valence-corrected chi connectivity index (χ0v) is 11.4. The van der Waals surface area contributed by atoms with Crippen LogP contribution in [0.25, 0.3) is 11.4 Å². The van der Waals surface area contributed by atoms with E-state index in [-0.39, 0.29) is 11.5 Å². The zero-order valence-electron chi connectivity index (χ0n) is 10.6. The summed E-state index contributed by atoms with van der Waals surface area (Å²) in [4.78, 5) is 10.7. The lowest BCUT2D eigenvalue weighted by Crippen LogP contribution is -2.03. The Kier molecular flexibility index (Phi) is 3.35. The van der Waals surface area contributed by atoms with E-state index in [0.29, 0.717) is 11.2 Å². The first-order valence-electron chi connectivity index (χ1n) is 6.24. The molecule has 0 spiro atoms. The van der Waals surface area contributed by atoms with Gasteiger partial charge in [0.25, 0.3) is 0 Å². The molecule has 0 bridgehead atoms. The van der Waals surface area contributed by atoms with Crippen LogP contribution in [0.3, 0.4) is 0 Å². The minimum Gasteiger partial charge on any atom is -0.508 e. The maximum absolute atomic E-state index is 10.7. The fourth-order valence-corrected chi connectivity index (χ4v) is 2.70. The molecule has 0 amide bonds. The van der Waals surface area contributed by atoms with Gasteiger partial charge in [-0.05, 0) is 37.1 Å². The van der Waals surface area contributed by atoms with Crippen molar-refractivity contribution in [2.45, 2.75) is 24.0 Å². The van der Waals surface area contributed by atoms with Crippen LogP contribution in [0.1, 0.15) is 18.9 Å². The number of carboxylic acids is 1. The number of thioether (sulfide) groups is 1. The van der Waals surface area contributed by atoms with E-state index in [0.717, 1.165) is 24.2 Å². The molecule has 0 saturated heterocycles. The summed E-state index contributed by atoms with van der Waals surface area (Å²) in [5.74, 6) is 0.0269. The molecule has 7 heteroatoms. The van der Waals surface area contributed by atoms with Crippen molar-refractivity contribution in [3.05, 3.63) is 24.3 Å². The monoisotopic (exact) mass is 291 g/mol. The molecule has 20 heavy (non-hydrogen) atoms. The van der Waals surface area contributed by atoms with Gasteiger partial charge in [-0.15, -0.1) is 10.2 Å². The molecule has 1 fully saturated rings. The summed E-state index contributed by atoms with van der Waals surface area (Å²) in [6.07, 6.45) is 2.12. The number of phenols is 1. The largest absolute Gasteiger partial charge is 0.508 e. The summed E-state index contributed by atoms with van der Waals surface area (Å²) in [6.45, 7) is 0. The third-order valence-corrected chi connectivity index (χ3v) is 3.95. The van der Waals surface area contributed by atoms with E-state index in [1.54, 1.807) is 24.3 Å². The summed E-state index contributed by atoms with van der Waals surface area (Å²) in [5.41, 5.74) is 0.865. The zero-order chi connectivity index (χ0) is 14.1. The molecule has 2 aromatic rings. The van der Waals surface area contributed by atoms with Crippen molar-refractivity contribution < 1.29 is 15.0 Å². The van der Waals surface area contributed by atoms with Gasteiger partial charge in [0, 0.05) is 11.6 Å². The van der Waals surface area contributed by atoms with Crippen LogP contribution < -0.4 is 0 Å². The molecule has 1 aromatic carbocycles. The number of rotatable bonds is 5. The van der Waals surface area contributed by atoms with Crippen LogP contribution in [0.15, 0.2) is 29.4 Å². The molecule has 0 unspecified atom stereocenters. The quantitative estimate of drug-likeness (QED) is 0.821. The van der Waals surface area contributed by atoms with Crippen molar-refractivity contribution >= 4 is 17.7 Å². The van der Waals surface area contributed by atoms with Crippen molar-refractivity contribution in [3.63, 3.8) is 0 Å². The van der Waals surface area contributed by atoms with E-state index in [1.165, 1.54) is 11.8 Å². The van der Waals surface area contributed by atoms with Crippen molar-refractivity contribution in [3.8, 4) is 17.1 Å². The van der Waals surface area contributed by atoms with Crippen molar-refractivity contribution in [2.24, 2.45) is 0 Å². The van der Waals surface area contributed by atoms with E-state index in [4.69, 9.17) is 5.11 Å². The molecule has 1 aromatic heterocycles. The van der Waals surface area contributed by atoms with Crippen LogP contribution in [-0.2, 0) is 4.79 Å². The molecule has 1 aliphatic rings. The Hall–Kier alpha value is -2.02. The van der Waals surface area contributed by atoms with E-state index < -0.39 is 5.97 Å². The normalized spacial score (nSPS) is 14.4. The van der Waals surface area contributed by atoms with Crippen molar-refractivity contribution in [1.82, 2.24) is 14.8 Å². The van der Waals surface area contributed by atoms with Gasteiger partial charge in [0.05, 0.1) is 5.75 Å². The standard InChI is InChI=1S/C13H13N3O3S/c17-10-5-1-8(2-6-10)12-14-15-13(20-7-11(18)19)16(12)9-3-4-9/h1-2,5-6,9,17H,3-4,7H2,(H,18,19). The Balaban J connectivity index is 1.94. The Bertz CT molecular complexity index is 635. The van der Waals surface area contributed by atoms with Gasteiger partial charge in [0.2, 0.25) is 0 Å². The van der Waals surface area contributed by atoms with Crippen LogP contribution >= 0.6 is 11.8 Å². The summed E-state index contributed by atoms with van der Waals surface area (Å²) in [5, 5.41) is 27.0. The molecular weight excluding hydrogens is 278 g/mol. The summed E-state index contributed by atoms with van der Waals surface area (Å²) in [6, 6.07) is 7.12. The Labute approximate surface area is 119 Å². The number of carboxylic acid groups (broad SMARTS) is 1. The third-order valence-electron chi connectivity index (χ3n) is 3.03. The molecule has 2 N–H and O–H groups in total. The van der Waals surface area contributed by atoms with Gasteiger partial charge >= 0.3 is 5.97 Å². The van der Waals surface area contributed by atoms with Crippen LogP contribution in [0, 0.1) is 0 Å². The molecule has 0 atom stereocenters. The maximum Gasteiger partial charge on any atom is 0.313 e. The number of benzene rings is 1.